The minimum absolute atomic E-state index is 0.200. The van der Waals surface area contributed by atoms with Gasteiger partial charge in [0.1, 0.15) is 18.5 Å². The molecule has 0 spiro atoms. The second kappa shape index (κ2) is 9.15. The number of ketones is 1. The van der Waals surface area contributed by atoms with E-state index in [0.717, 1.165) is 5.57 Å². The van der Waals surface area contributed by atoms with Gasteiger partial charge in [-0.15, -0.1) is 0 Å². The second-order valence-corrected chi connectivity index (χ2v) is 7.07. The lowest BCUT2D eigenvalue weighted by Crippen LogP contribution is -2.37. The second-order valence-electron chi connectivity index (χ2n) is 7.07. The standard InChI is InChI=1S/C20H24FN3O5/c1-12(26)23-9-15-10-24(20(28)29-15)14-3-4-16(17(21)8-14)13-2-5-18(19(27)11-25)22-7-6-13/h3-4,6,8,15,18,22,25H,2,5,7,9-11H2,1H3,(H,23,26). The number of hydrogen-bond acceptors (Lipinski definition) is 6. The average molecular weight is 405 g/mol. The molecule has 8 nitrogen and oxygen atoms in total. The smallest absolute Gasteiger partial charge is 0.414 e. The van der Waals surface area contributed by atoms with E-state index >= 15 is 0 Å². The van der Waals surface area contributed by atoms with Gasteiger partial charge in [-0.25, -0.2) is 9.18 Å². The molecule has 9 heteroatoms. The highest BCUT2D eigenvalue weighted by atomic mass is 19.1. The Hall–Kier alpha value is -2.78. The highest BCUT2D eigenvalue weighted by molar-refractivity contribution is 5.90. The molecule has 1 saturated heterocycles. The van der Waals surface area contributed by atoms with Crippen LogP contribution in [0.15, 0.2) is 24.3 Å². The van der Waals surface area contributed by atoms with Crippen LogP contribution in [0.2, 0.25) is 0 Å². The van der Waals surface area contributed by atoms with Crippen molar-refractivity contribution in [1.82, 2.24) is 10.6 Å². The summed E-state index contributed by atoms with van der Waals surface area (Å²) in [6, 6.07) is 4.10. The number of benzene rings is 1. The van der Waals surface area contributed by atoms with Crippen LogP contribution in [0.4, 0.5) is 14.9 Å². The number of halogens is 1. The molecular weight excluding hydrogens is 381 g/mol. The van der Waals surface area contributed by atoms with E-state index in [1.54, 1.807) is 12.1 Å². The number of cyclic esters (lactones) is 1. The first-order valence-corrected chi connectivity index (χ1v) is 9.47. The van der Waals surface area contributed by atoms with Crippen LogP contribution in [-0.4, -0.2) is 61.3 Å². The number of aliphatic hydroxyl groups is 1. The SMILES string of the molecule is CC(=O)NCC1CN(c2ccc(C3=CCNC(C(=O)CO)CC3)c(F)c2)C(=O)O1. The number of amides is 2. The summed E-state index contributed by atoms with van der Waals surface area (Å²) in [6.07, 6.45) is 1.71. The molecule has 2 unspecified atom stereocenters. The lowest BCUT2D eigenvalue weighted by atomic mass is 9.97. The van der Waals surface area contributed by atoms with Crippen molar-refractivity contribution >= 4 is 29.0 Å². The van der Waals surface area contributed by atoms with Gasteiger partial charge in [-0.1, -0.05) is 6.08 Å². The number of carbonyl (C=O) groups excluding carboxylic acids is 3. The third-order valence-electron chi connectivity index (χ3n) is 5.02. The maximum absolute atomic E-state index is 14.8. The van der Waals surface area contributed by atoms with Crippen molar-refractivity contribution in [1.29, 1.82) is 0 Å². The van der Waals surface area contributed by atoms with E-state index in [2.05, 4.69) is 10.6 Å². The fourth-order valence-corrected chi connectivity index (χ4v) is 3.49. The number of anilines is 1. The monoisotopic (exact) mass is 405 g/mol. The van der Waals surface area contributed by atoms with Crippen molar-refractivity contribution in [2.75, 3.05) is 31.1 Å². The number of ether oxygens (including phenoxy) is 1. The summed E-state index contributed by atoms with van der Waals surface area (Å²) in [5, 5.41) is 14.6. The van der Waals surface area contributed by atoms with Crippen molar-refractivity contribution in [2.45, 2.75) is 31.9 Å². The van der Waals surface area contributed by atoms with E-state index < -0.39 is 30.7 Å². The van der Waals surface area contributed by atoms with E-state index in [4.69, 9.17) is 9.84 Å². The van der Waals surface area contributed by atoms with Crippen molar-refractivity contribution < 1.29 is 28.6 Å². The molecule has 1 aromatic carbocycles. The molecule has 0 saturated carbocycles. The largest absolute Gasteiger partial charge is 0.442 e. The van der Waals surface area contributed by atoms with E-state index in [-0.39, 0.29) is 24.8 Å². The van der Waals surface area contributed by atoms with Crippen molar-refractivity contribution in [3.8, 4) is 0 Å². The Bertz CT molecular complexity index is 841. The summed E-state index contributed by atoms with van der Waals surface area (Å²) in [5.41, 5.74) is 1.56. The Kier molecular flexibility index (Phi) is 6.60. The molecule has 3 rings (SSSR count). The molecule has 2 amide bonds. The van der Waals surface area contributed by atoms with Crippen molar-refractivity contribution in [3.05, 3.63) is 35.7 Å². The third-order valence-corrected chi connectivity index (χ3v) is 5.02. The summed E-state index contributed by atoms with van der Waals surface area (Å²) in [6.45, 7) is 1.67. The maximum atomic E-state index is 14.8. The lowest BCUT2D eigenvalue weighted by molar-refractivity contribution is -0.123. The van der Waals surface area contributed by atoms with Crippen LogP contribution in [0.3, 0.4) is 0 Å². The number of carbonyl (C=O) groups is 3. The molecule has 2 aliphatic rings. The molecule has 0 radical (unpaired) electrons. The fourth-order valence-electron chi connectivity index (χ4n) is 3.49. The Labute approximate surface area is 167 Å². The maximum Gasteiger partial charge on any atom is 0.414 e. The molecule has 1 fully saturated rings. The first kappa shape index (κ1) is 20.9. The molecule has 0 aromatic heterocycles. The lowest BCUT2D eigenvalue weighted by Gasteiger charge is -2.16. The topological polar surface area (TPSA) is 108 Å². The van der Waals surface area contributed by atoms with Gasteiger partial charge in [0.15, 0.2) is 5.78 Å². The summed E-state index contributed by atoms with van der Waals surface area (Å²) in [4.78, 5) is 36.1. The van der Waals surface area contributed by atoms with Crippen LogP contribution in [0.5, 0.6) is 0 Å². The summed E-state index contributed by atoms with van der Waals surface area (Å²) in [7, 11) is 0. The molecule has 2 heterocycles. The Morgan fingerprint density at radius 1 is 1.41 bits per heavy atom. The number of Topliss-reactive ketones (excluding diaryl/α,β-unsaturated/α-hetero) is 1. The first-order valence-electron chi connectivity index (χ1n) is 9.47. The minimum atomic E-state index is -0.587. The number of nitrogens with zero attached hydrogens (tertiary/aromatic N) is 1. The molecule has 2 atom stereocenters. The third kappa shape index (κ3) is 4.99. The van der Waals surface area contributed by atoms with Crippen molar-refractivity contribution in [3.63, 3.8) is 0 Å². The first-order chi connectivity index (χ1) is 13.9. The Balaban J connectivity index is 1.69. The van der Waals surface area contributed by atoms with E-state index in [1.807, 2.05) is 6.08 Å². The number of aliphatic hydroxyl groups excluding tert-OH is 1. The Morgan fingerprint density at radius 2 is 2.21 bits per heavy atom. The van der Waals surface area contributed by atoms with E-state index in [0.29, 0.717) is 30.6 Å². The van der Waals surface area contributed by atoms with Gasteiger partial charge >= 0.3 is 6.09 Å². The van der Waals surface area contributed by atoms with Crippen LogP contribution in [-0.2, 0) is 14.3 Å². The van der Waals surface area contributed by atoms with Gasteiger partial charge < -0.3 is 20.5 Å². The van der Waals surface area contributed by atoms with Gasteiger partial charge in [0.2, 0.25) is 5.91 Å². The zero-order valence-corrected chi connectivity index (χ0v) is 16.1. The van der Waals surface area contributed by atoms with Gasteiger partial charge in [0, 0.05) is 19.0 Å². The summed E-state index contributed by atoms with van der Waals surface area (Å²) >= 11 is 0. The van der Waals surface area contributed by atoms with Crippen molar-refractivity contribution in [2.24, 2.45) is 0 Å². The average Bonchev–Trinajstić information content (AvgIpc) is 2.90. The van der Waals surface area contributed by atoms with Crippen LogP contribution in [0, 0.1) is 5.82 Å². The molecule has 0 bridgehead atoms. The molecule has 29 heavy (non-hydrogen) atoms. The Morgan fingerprint density at radius 3 is 2.90 bits per heavy atom. The summed E-state index contributed by atoms with van der Waals surface area (Å²) in [5.74, 6) is -0.973. The molecule has 0 aliphatic carbocycles. The molecule has 156 valence electrons. The van der Waals surface area contributed by atoms with Gasteiger partial charge in [-0.05, 0) is 36.6 Å². The van der Waals surface area contributed by atoms with Gasteiger partial charge in [0.05, 0.1) is 24.8 Å². The van der Waals surface area contributed by atoms with Gasteiger partial charge in [-0.3, -0.25) is 14.5 Å². The molecule has 1 aromatic rings. The number of allylic oxidation sites excluding steroid dienone is 1. The van der Waals surface area contributed by atoms with Crippen LogP contribution >= 0.6 is 0 Å². The fraction of sp³-hybridized carbons (Fsp3) is 0.450. The van der Waals surface area contributed by atoms with E-state index in [1.165, 1.54) is 17.9 Å². The van der Waals surface area contributed by atoms with E-state index in [9.17, 15) is 18.8 Å². The summed E-state index contributed by atoms with van der Waals surface area (Å²) < 4.78 is 20.0. The molecule has 3 N–H and O–H groups in total. The number of rotatable bonds is 6. The van der Waals surface area contributed by atoms with Crippen LogP contribution in [0.25, 0.3) is 5.57 Å². The van der Waals surface area contributed by atoms with Crippen LogP contribution in [0.1, 0.15) is 25.3 Å². The van der Waals surface area contributed by atoms with Gasteiger partial charge in [-0.2, -0.15) is 0 Å². The number of nitrogens with one attached hydrogen (secondary N) is 2. The number of hydrogen-bond donors (Lipinski definition) is 3. The quantitative estimate of drug-likeness (QED) is 0.651. The normalized spacial score (nSPS) is 22.0. The zero-order chi connectivity index (χ0) is 21.0. The molecular formula is C20H24FN3O5. The predicted octanol–water partition coefficient (Wildman–Crippen LogP) is 0.984. The van der Waals surface area contributed by atoms with Crippen LogP contribution < -0.4 is 15.5 Å². The van der Waals surface area contributed by atoms with Gasteiger partial charge in [0.25, 0.3) is 0 Å². The molecule has 2 aliphatic heterocycles. The highest BCUT2D eigenvalue weighted by Gasteiger charge is 2.33. The predicted molar refractivity (Wildman–Crippen MR) is 104 cm³/mol. The minimum Gasteiger partial charge on any atom is -0.442 e. The highest BCUT2D eigenvalue weighted by Crippen LogP contribution is 2.29. The zero-order valence-electron chi connectivity index (χ0n) is 16.1.